The van der Waals surface area contributed by atoms with Crippen LogP contribution in [0.3, 0.4) is 0 Å². The number of hydrazone groups is 1. The Hall–Kier alpha value is -3.48. The first-order valence-corrected chi connectivity index (χ1v) is 7.44. The van der Waals surface area contributed by atoms with E-state index in [2.05, 4.69) is 20.7 Å². The SMILES string of the molecule is COc1ccc(C(=O)N/N=C/c2cn[nH]c2-c2ccc(F)cc2)cc1. The number of hydrogen-bond donors (Lipinski definition) is 2. The first kappa shape index (κ1) is 16.4. The van der Waals surface area contributed by atoms with Crippen LogP contribution in [0.2, 0.25) is 0 Å². The largest absolute Gasteiger partial charge is 0.497 e. The number of amides is 1. The topological polar surface area (TPSA) is 79.4 Å². The fourth-order valence-electron chi connectivity index (χ4n) is 2.21. The van der Waals surface area contributed by atoms with Crippen LogP contribution in [0.25, 0.3) is 11.3 Å². The van der Waals surface area contributed by atoms with Gasteiger partial charge in [-0.15, -0.1) is 0 Å². The van der Waals surface area contributed by atoms with E-state index in [1.54, 1.807) is 49.7 Å². The molecule has 0 bridgehead atoms. The van der Waals surface area contributed by atoms with Gasteiger partial charge in [0.05, 0.1) is 25.2 Å². The molecule has 0 aliphatic heterocycles. The van der Waals surface area contributed by atoms with Crippen molar-refractivity contribution < 1.29 is 13.9 Å². The second kappa shape index (κ2) is 7.39. The Morgan fingerprint density at radius 2 is 1.92 bits per heavy atom. The normalized spacial score (nSPS) is 10.8. The van der Waals surface area contributed by atoms with Crippen molar-refractivity contribution in [1.82, 2.24) is 15.6 Å². The van der Waals surface area contributed by atoms with Crippen molar-refractivity contribution in [3.8, 4) is 17.0 Å². The number of nitrogens with one attached hydrogen (secondary N) is 2. The van der Waals surface area contributed by atoms with Crippen molar-refractivity contribution in [2.24, 2.45) is 5.10 Å². The number of H-pyrrole nitrogens is 1. The number of nitrogens with zero attached hydrogens (tertiary/aromatic N) is 2. The number of carbonyl (C=O) groups is 1. The molecule has 3 aromatic rings. The number of aromatic amines is 1. The zero-order valence-corrected chi connectivity index (χ0v) is 13.4. The fourth-order valence-corrected chi connectivity index (χ4v) is 2.21. The molecule has 1 heterocycles. The van der Waals surface area contributed by atoms with E-state index in [4.69, 9.17) is 4.74 Å². The summed E-state index contributed by atoms with van der Waals surface area (Å²) in [6.07, 6.45) is 3.05. The van der Waals surface area contributed by atoms with Crippen LogP contribution in [0, 0.1) is 5.82 Å². The minimum Gasteiger partial charge on any atom is -0.497 e. The van der Waals surface area contributed by atoms with Gasteiger partial charge < -0.3 is 4.74 Å². The Morgan fingerprint density at radius 1 is 1.20 bits per heavy atom. The Kier molecular flexibility index (Phi) is 4.84. The maximum absolute atomic E-state index is 13.0. The third kappa shape index (κ3) is 3.89. The number of benzene rings is 2. The second-order valence-electron chi connectivity index (χ2n) is 5.13. The third-order valence-electron chi connectivity index (χ3n) is 3.52. The lowest BCUT2D eigenvalue weighted by Gasteiger charge is -2.02. The molecule has 0 spiro atoms. The lowest BCUT2D eigenvalue weighted by Crippen LogP contribution is -2.17. The summed E-state index contributed by atoms with van der Waals surface area (Å²) in [5, 5.41) is 10.7. The van der Waals surface area contributed by atoms with E-state index in [9.17, 15) is 9.18 Å². The van der Waals surface area contributed by atoms with Crippen molar-refractivity contribution in [2.45, 2.75) is 0 Å². The average Bonchev–Trinajstić information content (AvgIpc) is 3.11. The first-order chi connectivity index (χ1) is 12.2. The van der Waals surface area contributed by atoms with Gasteiger partial charge in [0.1, 0.15) is 11.6 Å². The predicted molar refractivity (Wildman–Crippen MR) is 92.0 cm³/mol. The molecule has 2 N–H and O–H groups in total. The van der Waals surface area contributed by atoms with Crippen LogP contribution in [0.4, 0.5) is 4.39 Å². The number of carbonyl (C=O) groups excluding carboxylic acids is 1. The smallest absolute Gasteiger partial charge is 0.271 e. The van der Waals surface area contributed by atoms with Crippen LogP contribution < -0.4 is 10.2 Å². The summed E-state index contributed by atoms with van der Waals surface area (Å²) < 4.78 is 18.1. The lowest BCUT2D eigenvalue weighted by molar-refractivity contribution is 0.0955. The minimum atomic E-state index is -0.342. The Balaban J connectivity index is 1.69. The molecule has 126 valence electrons. The molecule has 0 saturated carbocycles. The molecular formula is C18H15FN4O2. The van der Waals surface area contributed by atoms with Gasteiger partial charge >= 0.3 is 0 Å². The number of methoxy groups -OCH3 is 1. The van der Waals surface area contributed by atoms with Gasteiger partial charge in [-0.2, -0.15) is 10.2 Å². The quantitative estimate of drug-likeness (QED) is 0.554. The molecule has 0 saturated heterocycles. The number of hydrogen-bond acceptors (Lipinski definition) is 4. The van der Waals surface area contributed by atoms with Crippen LogP contribution in [0.15, 0.2) is 59.8 Å². The summed E-state index contributed by atoms with van der Waals surface area (Å²) in [7, 11) is 1.56. The Labute approximate surface area is 143 Å². The summed E-state index contributed by atoms with van der Waals surface area (Å²) in [5.74, 6) is 0.0124. The molecule has 0 fully saturated rings. The monoisotopic (exact) mass is 338 g/mol. The van der Waals surface area contributed by atoms with Crippen LogP contribution in [-0.4, -0.2) is 29.4 Å². The van der Waals surface area contributed by atoms with Gasteiger partial charge in [0.15, 0.2) is 0 Å². The highest BCUT2D eigenvalue weighted by Gasteiger charge is 2.07. The van der Waals surface area contributed by atoms with Gasteiger partial charge in [-0.05, 0) is 48.5 Å². The zero-order chi connectivity index (χ0) is 17.6. The predicted octanol–water partition coefficient (Wildman–Crippen LogP) is 2.99. The molecule has 25 heavy (non-hydrogen) atoms. The van der Waals surface area contributed by atoms with Crippen LogP contribution in [0.5, 0.6) is 5.75 Å². The minimum absolute atomic E-state index is 0.315. The highest BCUT2D eigenvalue weighted by atomic mass is 19.1. The molecular weight excluding hydrogens is 323 g/mol. The van der Waals surface area contributed by atoms with Gasteiger partial charge in [-0.25, -0.2) is 9.82 Å². The number of halogens is 1. The van der Waals surface area contributed by atoms with E-state index in [-0.39, 0.29) is 11.7 Å². The van der Waals surface area contributed by atoms with Crippen LogP contribution in [0.1, 0.15) is 15.9 Å². The molecule has 1 amide bonds. The summed E-state index contributed by atoms with van der Waals surface area (Å²) in [6.45, 7) is 0. The van der Waals surface area contributed by atoms with Crippen molar-refractivity contribution >= 4 is 12.1 Å². The number of aromatic nitrogens is 2. The molecule has 3 rings (SSSR count). The third-order valence-corrected chi connectivity index (χ3v) is 3.52. The molecule has 7 heteroatoms. The van der Waals surface area contributed by atoms with E-state index in [1.165, 1.54) is 18.3 Å². The highest BCUT2D eigenvalue weighted by Crippen LogP contribution is 2.20. The molecule has 1 aromatic heterocycles. The van der Waals surface area contributed by atoms with Gasteiger partial charge in [0.25, 0.3) is 5.91 Å². The molecule has 2 aromatic carbocycles. The standard InChI is InChI=1S/C18H15FN4O2/c1-25-16-8-4-13(5-9-16)18(24)23-21-11-14-10-20-22-17(14)12-2-6-15(19)7-3-12/h2-11H,1H3,(H,20,22)(H,23,24)/b21-11+. The van der Waals surface area contributed by atoms with E-state index in [1.807, 2.05) is 0 Å². The molecule has 0 unspecified atom stereocenters. The fraction of sp³-hybridized carbons (Fsp3) is 0.0556. The first-order valence-electron chi connectivity index (χ1n) is 7.44. The molecule has 0 aliphatic carbocycles. The maximum atomic E-state index is 13.0. The Bertz CT molecular complexity index is 886. The summed E-state index contributed by atoms with van der Waals surface area (Å²) in [6, 6.07) is 12.7. The molecule has 0 radical (unpaired) electrons. The average molecular weight is 338 g/mol. The van der Waals surface area contributed by atoms with E-state index < -0.39 is 0 Å². The summed E-state index contributed by atoms with van der Waals surface area (Å²) >= 11 is 0. The Morgan fingerprint density at radius 3 is 2.60 bits per heavy atom. The van der Waals surface area contributed by atoms with Crippen molar-refractivity contribution in [1.29, 1.82) is 0 Å². The van der Waals surface area contributed by atoms with E-state index >= 15 is 0 Å². The van der Waals surface area contributed by atoms with Gasteiger partial charge in [-0.3, -0.25) is 9.89 Å². The second-order valence-corrected chi connectivity index (χ2v) is 5.13. The number of rotatable bonds is 5. The van der Waals surface area contributed by atoms with Crippen molar-refractivity contribution in [3.05, 3.63) is 71.7 Å². The zero-order valence-electron chi connectivity index (χ0n) is 13.4. The van der Waals surface area contributed by atoms with Gasteiger partial charge in [0, 0.05) is 16.7 Å². The summed E-state index contributed by atoms with van der Waals surface area (Å²) in [4.78, 5) is 12.0. The lowest BCUT2D eigenvalue weighted by atomic mass is 10.1. The van der Waals surface area contributed by atoms with Gasteiger partial charge in [-0.1, -0.05) is 0 Å². The molecule has 6 nitrogen and oxygen atoms in total. The van der Waals surface area contributed by atoms with Crippen LogP contribution in [-0.2, 0) is 0 Å². The van der Waals surface area contributed by atoms with Gasteiger partial charge in [0.2, 0.25) is 0 Å². The summed E-state index contributed by atoms with van der Waals surface area (Å²) in [5.41, 5.74) is 5.03. The highest BCUT2D eigenvalue weighted by molar-refractivity contribution is 5.95. The van der Waals surface area contributed by atoms with Crippen molar-refractivity contribution in [3.63, 3.8) is 0 Å². The molecule has 0 aliphatic rings. The number of ether oxygens (including phenoxy) is 1. The maximum Gasteiger partial charge on any atom is 0.271 e. The van der Waals surface area contributed by atoms with E-state index in [0.717, 1.165) is 5.56 Å². The van der Waals surface area contributed by atoms with E-state index in [0.29, 0.717) is 22.6 Å². The molecule has 0 atom stereocenters. The van der Waals surface area contributed by atoms with Crippen molar-refractivity contribution in [2.75, 3.05) is 7.11 Å². The van der Waals surface area contributed by atoms with Crippen LogP contribution >= 0.6 is 0 Å².